The molecule has 1 aromatic heterocycles. The second kappa shape index (κ2) is 8.41. The lowest BCUT2D eigenvalue weighted by molar-refractivity contribution is -0.137. The summed E-state index contributed by atoms with van der Waals surface area (Å²) in [5.41, 5.74) is 1.75. The van der Waals surface area contributed by atoms with E-state index in [0.717, 1.165) is 10.4 Å². The predicted molar refractivity (Wildman–Crippen MR) is 104 cm³/mol. The number of ether oxygens (including phenoxy) is 2. The van der Waals surface area contributed by atoms with Crippen LogP contribution >= 0.6 is 22.9 Å². The lowest BCUT2D eigenvalue weighted by atomic mass is 9.88. The monoisotopic (exact) mass is 403 g/mol. The van der Waals surface area contributed by atoms with Gasteiger partial charge in [-0.25, -0.2) is 9.59 Å². The quantitative estimate of drug-likeness (QED) is 0.703. The summed E-state index contributed by atoms with van der Waals surface area (Å²) in [4.78, 5) is 27.6. The van der Waals surface area contributed by atoms with Crippen LogP contribution in [0.25, 0.3) is 0 Å². The second-order valence-corrected chi connectivity index (χ2v) is 7.31. The smallest absolute Gasteiger partial charge is 0.336 e. The Morgan fingerprint density at radius 3 is 2.11 bits per heavy atom. The van der Waals surface area contributed by atoms with Gasteiger partial charge in [0, 0.05) is 28.8 Å². The zero-order valence-corrected chi connectivity index (χ0v) is 16.4. The fraction of sp³-hybridized carbons (Fsp3) is 0.200. The number of hydrogen-bond acceptors (Lipinski definition) is 6. The normalized spacial score (nSPS) is 14.4. The Hall–Kier alpha value is -2.57. The minimum absolute atomic E-state index is 0.386. The SMILES string of the molecule is COC(=O)C1=CN(Cc2ccc(Cl)cc2)C=C(C(=O)OC)C1c1cccs1. The number of nitrogens with zero attached hydrogens (tertiary/aromatic N) is 1. The van der Waals surface area contributed by atoms with E-state index >= 15 is 0 Å². The molecule has 2 heterocycles. The van der Waals surface area contributed by atoms with Gasteiger partial charge in [0.15, 0.2) is 0 Å². The Kier molecular flexibility index (Phi) is 5.98. The molecule has 0 saturated carbocycles. The van der Waals surface area contributed by atoms with Crippen molar-refractivity contribution in [1.82, 2.24) is 4.90 Å². The van der Waals surface area contributed by atoms with Crippen LogP contribution in [-0.4, -0.2) is 31.1 Å². The van der Waals surface area contributed by atoms with E-state index in [1.54, 1.807) is 29.4 Å². The van der Waals surface area contributed by atoms with E-state index in [9.17, 15) is 9.59 Å². The highest BCUT2D eigenvalue weighted by Gasteiger charge is 2.35. The summed E-state index contributed by atoms with van der Waals surface area (Å²) in [6.45, 7) is 0.468. The van der Waals surface area contributed by atoms with Gasteiger partial charge in [-0.1, -0.05) is 29.8 Å². The molecule has 0 unspecified atom stereocenters. The average Bonchev–Trinajstić information content (AvgIpc) is 3.22. The van der Waals surface area contributed by atoms with Gasteiger partial charge in [-0.2, -0.15) is 0 Å². The molecule has 1 aliphatic rings. The number of carbonyl (C=O) groups excluding carboxylic acids is 2. The maximum absolute atomic E-state index is 12.5. The molecule has 140 valence electrons. The van der Waals surface area contributed by atoms with Gasteiger partial charge in [-0.15, -0.1) is 11.3 Å². The number of methoxy groups -OCH3 is 2. The fourth-order valence-corrected chi connectivity index (χ4v) is 3.93. The maximum Gasteiger partial charge on any atom is 0.336 e. The number of halogens is 1. The Balaban J connectivity index is 2.02. The third-order valence-corrected chi connectivity index (χ3v) is 5.37. The van der Waals surface area contributed by atoms with E-state index in [2.05, 4.69) is 0 Å². The summed E-state index contributed by atoms with van der Waals surface area (Å²) in [6, 6.07) is 11.1. The standard InChI is InChI=1S/C20H18ClNO4S/c1-25-19(23)15-11-22(10-13-5-7-14(21)8-6-13)12-16(20(24)26-2)18(15)17-4-3-9-27-17/h3-9,11-12,18H,10H2,1-2H3. The first-order chi connectivity index (χ1) is 13.0. The molecular formula is C20H18ClNO4S. The van der Waals surface area contributed by atoms with Crippen molar-refractivity contribution >= 4 is 34.9 Å². The molecule has 7 heteroatoms. The van der Waals surface area contributed by atoms with Crippen molar-refractivity contribution < 1.29 is 19.1 Å². The largest absolute Gasteiger partial charge is 0.466 e. The number of benzene rings is 1. The molecule has 2 aromatic rings. The third kappa shape index (κ3) is 4.23. The Morgan fingerprint density at radius 1 is 1.04 bits per heavy atom. The zero-order valence-electron chi connectivity index (χ0n) is 14.8. The molecule has 5 nitrogen and oxygen atoms in total. The maximum atomic E-state index is 12.5. The molecule has 0 spiro atoms. The number of rotatable bonds is 5. The minimum atomic E-state index is -0.522. The molecule has 0 N–H and O–H groups in total. The zero-order chi connectivity index (χ0) is 19.4. The number of carbonyl (C=O) groups is 2. The Morgan fingerprint density at radius 2 is 1.63 bits per heavy atom. The molecule has 0 saturated heterocycles. The van der Waals surface area contributed by atoms with Crippen molar-refractivity contribution in [1.29, 1.82) is 0 Å². The number of thiophene rings is 1. The van der Waals surface area contributed by atoms with Crippen LogP contribution in [0.4, 0.5) is 0 Å². The molecule has 3 rings (SSSR count). The van der Waals surface area contributed by atoms with Crippen molar-refractivity contribution in [3.8, 4) is 0 Å². The van der Waals surface area contributed by atoms with Gasteiger partial charge in [0.1, 0.15) is 0 Å². The van der Waals surface area contributed by atoms with Crippen molar-refractivity contribution in [2.24, 2.45) is 0 Å². The highest BCUT2D eigenvalue weighted by molar-refractivity contribution is 7.10. The van der Waals surface area contributed by atoms with Gasteiger partial charge in [0.05, 0.1) is 31.3 Å². The summed E-state index contributed by atoms with van der Waals surface area (Å²) in [7, 11) is 2.66. The van der Waals surface area contributed by atoms with E-state index in [4.69, 9.17) is 21.1 Å². The summed E-state index contributed by atoms with van der Waals surface area (Å²) in [5.74, 6) is -1.49. The average molecular weight is 404 g/mol. The van der Waals surface area contributed by atoms with Gasteiger partial charge < -0.3 is 14.4 Å². The van der Waals surface area contributed by atoms with E-state index in [1.165, 1.54) is 25.6 Å². The van der Waals surface area contributed by atoms with Crippen molar-refractivity contribution in [3.63, 3.8) is 0 Å². The van der Waals surface area contributed by atoms with Crippen LogP contribution in [0, 0.1) is 0 Å². The minimum Gasteiger partial charge on any atom is -0.466 e. The Bertz CT molecular complexity index is 853. The summed E-state index contributed by atoms with van der Waals surface area (Å²) < 4.78 is 9.94. The molecule has 0 atom stereocenters. The molecule has 0 radical (unpaired) electrons. The predicted octanol–water partition coefficient (Wildman–Crippen LogP) is 4.11. The Labute approximate surface area is 166 Å². The summed E-state index contributed by atoms with van der Waals surface area (Å²) >= 11 is 7.41. The van der Waals surface area contributed by atoms with Crippen LogP contribution in [0.1, 0.15) is 16.4 Å². The first-order valence-electron chi connectivity index (χ1n) is 8.17. The molecule has 0 fully saturated rings. The molecule has 27 heavy (non-hydrogen) atoms. The van der Waals surface area contributed by atoms with E-state index in [0.29, 0.717) is 22.7 Å². The number of hydrogen-bond donors (Lipinski definition) is 0. The van der Waals surface area contributed by atoms with E-state index < -0.39 is 17.9 Å². The van der Waals surface area contributed by atoms with Crippen molar-refractivity contribution in [2.75, 3.05) is 14.2 Å². The molecule has 1 aliphatic heterocycles. The fourth-order valence-electron chi connectivity index (χ4n) is 2.94. The van der Waals surface area contributed by atoms with E-state index in [-0.39, 0.29) is 0 Å². The van der Waals surface area contributed by atoms with Gasteiger partial charge in [0.2, 0.25) is 0 Å². The van der Waals surface area contributed by atoms with Gasteiger partial charge >= 0.3 is 11.9 Å². The molecule has 0 bridgehead atoms. The molecule has 0 amide bonds. The molecule has 1 aromatic carbocycles. The molecule has 0 aliphatic carbocycles. The van der Waals surface area contributed by atoms with Crippen molar-refractivity contribution in [2.45, 2.75) is 12.5 Å². The number of esters is 2. The van der Waals surface area contributed by atoms with Crippen LogP contribution in [0.3, 0.4) is 0 Å². The van der Waals surface area contributed by atoms with Crippen LogP contribution < -0.4 is 0 Å². The first kappa shape index (κ1) is 19.2. The summed E-state index contributed by atoms with van der Waals surface area (Å²) in [6.07, 6.45) is 3.44. The molecular weight excluding hydrogens is 386 g/mol. The lowest BCUT2D eigenvalue weighted by Gasteiger charge is -2.29. The van der Waals surface area contributed by atoms with Crippen LogP contribution in [0.5, 0.6) is 0 Å². The van der Waals surface area contributed by atoms with Crippen LogP contribution in [0.15, 0.2) is 65.3 Å². The summed E-state index contributed by atoms with van der Waals surface area (Å²) in [5, 5.41) is 2.55. The second-order valence-electron chi connectivity index (χ2n) is 5.90. The van der Waals surface area contributed by atoms with Crippen LogP contribution in [0.2, 0.25) is 5.02 Å². The highest BCUT2D eigenvalue weighted by atomic mass is 35.5. The van der Waals surface area contributed by atoms with Crippen molar-refractivity contribution in [3.05, 3.63) is 80.8 Å². The van der Waals surface area contributed by atoms with Crippen LogP contribution in [-0.2, 0) is 25.6 Å². The third-order valence-electron chi connectivity index (χ3n) is 4.18. The highest BCUT2D eigenvalue weighted by Crippen LogP contribution is 2.39. The van der Waals surface area contributed by atoms with E-state index in [1.807, 2.05) is 29.6 Å². The van der Waals surface area contributed by atoms with Gasteiger partial charge in [-0.05, 0) is 29.1 Å². The lowest BCUT2D eigenvalue weighted by Crippen LogP contribution is -2.28. The van der Waals surface area contributed by atoms with Gasteiger partial charge in [0.25, 0.3) is 0 Å². The first-order valence-corrected chi connectivity index (χ1v) is 9.43. The van der Waals surface area contributed by atoms with Gasteiger partial charge in [-0.3, -0.25) is 0 Å². The topological polar surface area (TPSA) is 55.8 Å².